The fourth-order valence-corrected chi connectivity index (χ4v) is 2.61. The van der Waals surface area contributed by atoms with E-state index in [1.807, 2.05) is 43.3 Å². The summed E-state index contributed by atoms with van der Waals surface area (Å²) < 4.78 is 0. The van der Waals surface area contributed by atoms with Crippen LogP contribution in [0.1, 0.15) is 21.6 Å². The molecule has 0 saturated carbocycles. The summed E-state index contributed by atoms with van der Waals surface area (Å²) in [7, 11) is 0. The average molecular weight is 338 g/mol. The van der Waals surface area contributed by atoms with Crippen molar-refractivity contribution in [3.8, 4) is 11.4 Å². The van der Waals surface area contributed by atoms with E-state index >= 15 is 0 Å². The maximum Gasteiger partial charge on any atom is 0.259 e. The smallest absolute Gasteiger partial charge is 0.259 e. The predicted molar refractivity (Wildman–Crippen MR) is 96.3 cm³/mol. The molecule has 0 bridgehead atoms. The van der Waals surface area contributed by atoms with Crippen molar-refractivity contribution in [3.05, 3.63) is 76.6 Å². The van der Waals surface area contributed by atoms with Crippen molar-refractivity contribution >= 4 is 23.2 Å². The zero-order valence-electron chi connectivity index (χ0n) is 13.4. The number of carbonyl (C=O) groups is 1. The van der Waals surface area contributed by atoms with E-state index in [4.69, 9.17) is 11.6 Å². The molecule has 1 amide bonds. The first kappa shape index (κ1) is 16.1. The second kappa shape index (κ2) is 6.81. The number of amides is 1. The molecule has 0 aliphatic heterocycles. The monoisotopic (exact) mass is 337 g/mol. The second-order valence-electron chi connectivity index (χ2n) is 5.50. The largest absolute Gasteiger partial charge is 0.321 e. The highest BCUT2D eigenvalue weighted by molar-refractivity contribution is 6.34. The van der Waals surface area contributed by atoms with E-state index in [9.17, 15) is 4.79 Å². The first-order chi connectivity index (χ1) is 11.5. The number of hydrogen-bond acceptors (Lipinski definition) is 3. The summed E-state index contributed by atoms with van der Waals surface area (Å²) in [6.07, 6.45) is 1.54. The summed E-state index contributed by atoms with van der Waals surface area (Å²) in [5.41, 5.74) is 3.55. The average Bonchev–Trinajstić information content (AvgIpc) is 2.58. The number of rotatable bonds is 3. The molecule has 0 atom stereocenters. The third-order valence-electron chi connectivity index (χ3n) is 3.63. The summed E-state index contributed by atoms with van der Waals surface area (Å²) in [5.74, 6) is 0.316. The molecular formula is C19H16ClN3O. The molecule has 0 spiro atoms. The molecule has 0 saturated heterocycles. The lowest BCUT2D eigenvalue weighted by atomic mass is 10.1. The van der Waals surface area contributed by atoms with Gasteiger partial charge in [0.05, 0.1) is 22.0 Å². The number of hydrogen-bond donors (Lipinski definition) is 1. The van der Waals surface area contributed by atoms with Gasteiger partial charge in [-0.05, 0) is 31.5 Å². The van der Waals surface area contributed by atoms with Crippen LogP contribution in [-0.4, -0.2) is 15.9 Å². The normalized spacial score (nSPS) is 10.5. The van der Waals surface area contributed by atoms with Gasteiger partial charge in [0.1, 0.15) is 0 Å². The quantitative estimate of drug-likeness (QED) is 0.755. The fourth-order valence-electron chi connectivity index (χ4n) is 2.33. The maximum absolute atomic E-state index is 12.5. The molecule has 1 N–H and O–H groups in total. The molecule has 120 valence electrons. The van der Waals surface area contributed by atoms with Gasteiger partial charge in [-0.15, -0.1) is 0 Å². The third kappa shape index (κ3) is 3.44. The van der Waals surface area contributed by atoms with Crippen LogP contribution in [0.3, 0.4) is 0 Å². The summed E-state index contributed by atoms with van der Waals surface area (Å²) in [6.45, 7) is 3.73. The van der Waals surface area contributed by atoms with Crippen molar-refractivity contribution in [2.75, 3.05) is 5.32 Å². The number of aryl methyl sites for hydroxylation is 2. The number of benzene rings is 2. The van der Waals surface area contributed by atoms with Gasteiger partial charge >= 0.3 is 0 Å². The van der Waals surface area contributed by atoms with E-state index < -0.39 is 0 Å². The van der Waals surface area contributed by atoms with Gasteiger partial charge in [-0.25, -0.2) is 9.97 Å². The van der Waals surface area contributed by atoms with Gasteiger partial charge in [0.2, 0.25) is 0 Å². The van der Waals surface area contributed by atoms with Crippen molar-refractivity contribution in [3.63, 3.8) is 0 Å². The summed E-state index contributed by atoms with van der Waals surface area (Å²) >= 11 is 6.16. The van der Waals surface area contributed by atoms with Crippen LogP contribution in [0.15, 0.2) is 54.7 Å². The van der Waals surface area contributed by atoms with E-state index in [1.165, 1.54) is 0 Å². The predicted octanol–water partition coefficient (Wildman–Crippen LogP) is 4.67. The number of halogens is 1. The standard InChI is InChI=1S/C19H16ClN3O/c1-12-8-9-17(16(20)10-12)23-19(24)15-11-21-18(22-13(15)2)14-6-4-3-5-7-14/h3-11H,1-2H3,(H,23,24). The number of anilines is 1. The van der Waals surface area contributed by atoms with Gasteiger partial charge in [-0.2, -0.15) is 0 Å². The molecule has 0 fully saturated rings. The maximum atomic E-state index is 12.5. The molecule has 0 aliphatic carbocycles. The van der Waals surface area contributed by atoms with Gasteiger partial charge in [-0.3, -0.25) is 4.79 Å². The molecule has 0 unspecified atom stereocenters. The zero-order chi connectivity index (χ0) is 17.1. The lowest BCUT2D eigenvalue weighted by Gasteiger charge is -2.10. The number of nitrogens with one attached hydrogen (secondary N) is 1. The van der Waals surface area contributed by atoms with Gasteiger partial charge in [-0.1, -0.05) is 48.0 Å². The van der Waals surface area contributed by atoms with Crippen molar-refractivity contribution in [2.24, 2.45) is 0 Å². The van der Waals surface area contributed by atoms with Crippen LogP contribution >= 0.6 is 11.6 Å². The molecule has 24 heavy (non-hydrogen) atoms. The molecule has 1 heterocycles. The molecule has 3 aromatic rings. The van der Waals surface area contributed by atoms with Gasteiger partial charge in [0.25, 0.3) is 5.91 Å². The Hall–Kier alpha value is -2.72. The first-order valence-corrected chi connectivity index (χ1v) is 7.89. The van der Waals surface area contributed by atoms with E-state index in [1.54, 1.807) is 25.3 Å². The Labute approximate surface area is 145 Å². The number of carbonyl (C=O) groups excluding carboxylic acids is 1. The summed E-state index contributed by atoms with van der Waals surface area (Å²) in [4.78, 5) is 21.2. The van der Waals surface area contributed by atoms with Crippen LogP contribution in [0.4, 0.5) is 5.69 Å². The highest BCUT2D eigenvalue weighted by Crippen LogP contribution is 2.24. The van der Waals surface area contributed by atoms with Gasteiger partial charge < -0.3 is 5.32 Å². The Kier molecular flexibility index (Phi) is 4.58. The summed E-state index contributed by atoms with van der Waals surface area (Å²) in [5, 5.41) is 3.31. The second-order valence-corrected chi connectivity index (χ2v) is 5.90. The Morgan fingerprint density at radius 3 is 2.50 bits per heavy atom. The minimum Gasteiger partial charge on any atom is -0.321 e. The molecule has 1 aromatic heterocycles. The SMILES string of the molecule is Cc1ccc(NC(=O)c2cnc(-c3ccccc3)nc2C)c(Cl)c1. The van der Waals surface area contributed by atoms with Crippen LogP contribution in [0.2, 0.25) is 5.02 Å². The molecule has 3 rings (SSSR count). The first-order valence-electron chi connectivity index (χ1n) is 7.51. The molecule has 2 aromatic carbocycles. The Bertz CT molecular complexity index is 894. The van der Waals surface area contributed by atoms with Gasteiger partial charge in [0, 0.05) is 11.8 Å². The minimum absolute atomic E-state index is 0.280. The number of nitrogens with zero attached hydrogens (tertiary/aromatic N) is 2. The molecule has 5 heteroatoms. The van der Waals surface area contributed by atoms with Crippen LogP contribution < -0.4 is 5.32 Å². The number of aromatic nitrogens is 2. The Morgan fingerprint density at radius 1 is 1.08 bits per heavy atom. The van der Waals surface area contributed by atoms with E-state index in [0.29, 0.717) is 27.8 Å². The Balaban J connectivity index is 1.85. The van der Waals surface area contributed by atoms with Gasteiger partial charge in [0.15, 0.2) is 5.82 Å². The molecule has 4 nitrogen and oxygen atoms in total. The van der Waals surface area contributed by atoms with E-state index in [0.717, 1.165) is 11.1 Å². The highest BCUT2D eigenvalue weighted by atomic mass is 35.5. The third-order valence-corrected chi connectivity index (χ3v) is 3.94. The van der Waals surface area contributed by atoms with Crippen molar-refractivity contribution in [2.45, 2.75) is 13.8 Å². The van der Waals surface area contributed by atoms with E-state index in [-0.39, 0.29) is 5.91 Å². The lowest BCUT2D eigenvalue weighted by molar-refractivity contribution is 0.102. The topological polar surface area (TPSA) is 54.9 Å². The summed E-state index contributed by atoms with van der Waals surface area (Å²) in [6, 6.07) is 15.1. The highest BCUT2D eigenvalue weighted by Gasteiger charge is 2.14. The van der Waals surface area contributed by atoms with Crippen molar-refractivity contribution < 1.29 is 4.79 Å². The van der Waals surface area contributed by atoms with Crippen molar-refractivity contribution in [1.82, 2.24) is 9.97 Å². The van der Waals surface area contributed by atoms with Crippen molar-refractivity contribution in [1.29, 1.82) is 0 Å². The van der Waals surface area contributed by atoms with Crippen LogP contribution in [0.5, 0.6) is 0 Å². The van der Waals surface area contributed by atoms with Crippen LogP contribution in [0, 0.1) is 13.8 Å². The lowest BCUT2D eigenvalue weighted by Crippen LogP contribution is -2.15. The zero-order valence-corrected chi connectivity index (χ0v) is 14.1. The molecule has 0 aliphatic rings. The molecule has 0 radical (unpaired) electrons. The Morgan fingerprint density at radius 2 is 1.83 bits per heavy atom. The minimum atomic E-state index is -0.280. The van der Waals surface area contributed by atoms with Crippen LogP contribution in [-0.2, 0) is 0 Å². The fraction of sp³-hybridized carbons (Fsp3) is 0.105. The van der Waals surface area contributed by atoms with E-state index in [2.05, 4.69) is 15.3 Å². The molecular weight excluding hydrogens is 322 g/mol. The van der Waals surface area contributed by atoms with Crippen LogP contribution in [0.25, 0.3) is 11.4 Å².